The molecule has 6 nitrogen and oxygen atoms in total. The highest BCUT2D eigenvalue weighted by molar-refractivity contribution is 7.08. The lowest BCUT2D eigenvalue weighted by atomic mass is 10.2. The van der Waals surface area contributed by atoms with Crippen LogP contribution in [0.1, 0.15) is 22.3 Å². The third kappa shape index (κ3) is 3.26. The average molecular weight is 253 g/mol. The minimum Gasteiger partial charge on any atom is -0.480 e. The van der Waals surface area contributed by atoms with Gasteiger partial charge in [0.1, 0.15) is 11.4 Å². The van der Waals surface area contributed by atoms with E-state index in [4.69, 9.17) is 11.5 Å². The number of nitrogens with zero attached hydrogens (tertiary/aromatic N) is 3. The third-order valence-electron chi connectivity index (χ3n) is 1.98. The summed E-state index contributed by atoms with van der Waals surface area (Å²) < 4.78 is 3.68. The number of aliphatic carboxylic acids is 1. The molecule has 0 aliphatic rings. The smallest absolute Gasteiger partial charge is 0.323 e. The number of aromatic nitrogens is 2. The van der Waals surface area contributed by atoms with E-state index in [9.17, 15) is 9.59 Å². The maximum Gasteiger partial charge on any atom is 0.323 e. The Hall–Kier alpha value is -1.94. The van der Waals surface area contributed by atoms with Crippen molar-refractivity contribution in [2.45, 2.75) is 13.3 Å². The van der Waals surface area contributed by atoms with Crippen molar-refractivity contribution in [2.24, 2.45) is 0 Å². The van der Waals surface area contributed by atoms with Crippen molar-refractivity contribution in [1.29, 1.82) is 0 Å². The molecule has 0 fully saturated rings. The molecule has 0 spiro atoms. The van der Waals surface area contributed by atoms with E-state index in [1.807, 2.05) is 6.92 Å². The van der Waals surface area contributed by atoms with Gasteiger partial charge >= 0.3 is 5.97 Å². The van der Waals surface area contributed by atoms with Gasteiger partial charge in [0, 0.05) is 0 Å². The van der Waals surface area contributed by atoms with Gasteiger partial charge in [-0.05, 0) is 18.0 Å². The van der Waals surface area contributed by atoms with Crippen molar-refractivity contribution in [1.82, 2.24) is 14.5 Å². The summed E-state index contributed by atoms with van der Waals surface area (Å²) in [7, 11) is 0. The standard InChI is InChI=1S/C10H11N3O3S/c1-3-5-13(6-8(14)15)10(16)9-7(4-2)11-12-17-9/h1H,4-6H2,2H3,(H,14,15). The number of rotatable bonds is 5. The molecule has 1 amide bonds. The van der Waals surface area contributed by atoms with Crippen LogP contribution in [0.2, 0.25) is 0 Å². The maximum absolute atomic E-state index is 12.0. The van der Waals surface area contributed by atoms with Crippen LogP contribution in [0.25, 0.3) is 0 Å². The first-order chi connectivity index (χ1) is 8.10. The molecule has 0 saturated heterocycles. The molecule has 0 bridgehead atoms. The zero-order chi connectivity index (χ0) is 12.8. The van der Waals surface area contributed by atoms with E-state index < -0.39 is 18.4 Å². The number of hydrogen-bond acceptors (Lipinski definition) is 5. The molecule has 0 aromatic carbocycles. The molecule has 1 aromatic rings. The van der Waals surface area contributed by atoms with Crippen LogP contribution >= 0.6 is 11.5 Å². The number of carbonyl (C=O) groups is 2. The van der Waals surface area contributed by atoms with Crippen LogP contribution in [0.5, 0.6) is 0 Å². The van der Waals surface area contributed by atoms with E-state index in [1.165, 1.54) is 0 Å². The van der Waals surface area contributed by atoms with Crippen LogP contribution in [0.4, 0.5) is 0 Å². The minimum atomic E-state index is -1.11. The van der Waals surface area contributed by atoms with E-state index in [0.29, 0.717) is 17.0 Å². The minimum absolute atomic E-state index is 0.0494. The lowest BCUT2D eigenvalue weighted by molar-refractivity contribution is -0.137. The molecule has 0 atom stereocenters. The molecule has 0 aliphatic heterocycles. The van der Waals surface area contributed by atoms with Crippen LogP contribution in [-0.2, 0) is 11.2 Å². The van der Waals surface area contributed by atoms with Crippen LogP contribution in [-0.4, -0.2) is 44.6 Å². The molecule has 1 N–H and O–H groups in total. The van der Waals surface area contributed by atoms with Crippen molar-refractivity contribution >= 4 is 23.4 Å². The number of amides is 1. The maximum atomic E-state index is 12.0. The van der Waals surface area contributed by atoms with Gasteiger partial charge in [-0.2, -0.15) is 0 Å². The van der Waals surface area contributed by atoms with Gasteiger partial charge in [-0.1, -0.05) is 17.3 Å². The molecule has 0 aliphatic carbocycles. The van der Waals surface area contributed by atoms with E-state index in [0.717, 1.165) is 16.4 Å². The fraction of sp³-hybridized carbons (Fsp3) is 0.400. The lowest BCUT2D eigenvalue weighted by Gasteiger charge is -2.16. The molecule has 1 aromatic heterocycles. The normalized spacial score (nSPS) is 9.65. The van der Waals surface area contributed by atoms with E-state index in [-0.39, 0.29) is 6.54 Å². The van der Waals surface area contributed by atoms with Crippen molar-refractivity contribution in [3.63, 3.8) is 0 Å². The Morgan fingerprint density at radius 1 is 1.59 bits per heavy atom. The van der Waals surface area contributed by atoms with Gasteiger partial charge in [0.2, 0.25) is 0 Å². The van der Waals surface area contributed by atoms with Gasteiger partial charge in [-0.15, -0.1) is 11.5 Å². The van der Waals surface area contributed by atoms with Gasteiger partial charge in [-0.25, -0.2) is 0 Å². The Morgan fingerprint density at radius 2 is 2.29 bits per heavy atom. The fourth-order valence-corrected chi connectivity index (χ4v) is 1.94. The summed E-state index contributed by atoms with van der Waals surface area (Å²) in [6.45, 7) is 1.37. The number of terminal acetylenes is 1. The number of hydrogen-bond donors (Lipinski definition) is 1. The molecule has 0 unspecified atom stereocenters. The van der Waals surface area contributed by atoms with Crippen molar-refractivity contribution in [3.05, 3.63) is 10.6 Å². The Bertz CT molecular complexity index is 464. The highest BCUT2D eigenvalue weighted by Gasteiger charge is 2.22. The van der Waals surface area contributed by atoms with Crippen molar-refractivity contribution in [2.75, 3.05) is 13.1 Å². The molecule has 17 heavy (non-hydrogen) atoms. The zero-order valence-electron chi connectivity index (χ0n) is 9.21. The number of aryl methyl sites for hydroxylation is 1. The average Bonchev–Trinajstić information content (AvgIpc) is 2.74. The summed E-state index contributed by atoms with van der Waals surface area (Å²) in [6, 6.07) is 0. The van der Waals surface area contributed by atoms with Gasteiger partial charge in [0.05, 0.1) is 12.2 Å². The predicted molar refractivity (Wildman–Crippen MR) is 61.7 cm³/mol. The molecular formula is C10H11N3O3S. The first-order valence-electron chi connectivity index (χ1n) is 4.85. The summed E-state index contributed by atoms with van der Waals surface area (Å²) in [5.41, 5.74) is 0.562. The van der Waals surface area contributed by atoms with Gasteiger partial charge < -0.3 is 10.0 Å². The van der Waals surface area contributed by atoms with Crippen LogP contribution < -0.4 is 0 Å². The van der Waals surface area contributed by atoms with Gasteiger partial charge in [-0.3, -0.25) is 9.59 Å². The van der Waals surface area contributed by atoms with Crippen LogP contribution in [0, 0.1) is 12.3 Å². The number of carboxylic acid groups (broad SMARTS) is 1. The molecule has 1 heterocycles. The van der Waals surface area contributed by atoms with Crippen LogP contribution in [0.3, 0.4) is 0 Å². The van der Waals surface area contributed by atoms with E-state index in [2.05, 4.69) is 15.5 Å². The first kappa shape index (κ1) is 13.1. The molecular weight excluding hydrogens is 242 g/mol. The second-order valence-corrected chi connectivity index (χ2v) is 3.92. The number of carboxylic acids is 1. The Morgan fingerprint density at radius 3 is 2.82 bits per heavy atom. The molecule has 90 valence electrons. The predicted octanol–water partition coefficient (Wildman–Crippen LogP) is 0.260. The molecule has 7 heteroatoms. The second kappa shape index (κ2) is 5.96. The summed E-state index contributed by atoms with van der Waals surface area (Å²) >= 11 is 0.950. The van der Waals surface area contributed by atoms with E-state index >= 15 is 0 Å². The molecule has 0 radical (unpaired) electrons. The first-order valence-corrected chi connectivity index (χ1v) is 5.63. The van der Waals surface area contributed by atoms with Crippen molar-refractivity contribution in [3.8, 4) is 12.3 Å². The largest absolute Gasteiger partial charge is 0.480 e. The van der Waals surface area contributed by atoms with Crippen LogP contribution in [0.15, 0.2) is 0 Å². The SMILES string of the molecule is C#CCN(CC(=O)O)C(=O)c1snnc1CC. The Labute approximate surface area is 102 Å². The summed E-state index contributed by atoms with van der Waals surface area (Å²) in [5, 5.41) is 12.5. The Balaban J connectivity index is 2.92. The van der Waals surface area contributed by atoms with Crippen molar-refractivity contribution < 1.29 is 14.7 Å². The quantitative estimate of drug-likeness (QED) is 0.761. The zero-order valence-corrected chi connectivity index (χ0v) is 10.0. The Kier molecular flexibility index (Phi) is 4.60. The molecule has 0 saturated carbocycles. The highest BCUT2D eigenvalue weighted by atomic mass is 32.1. The summed E-state index contributed by atoms with van der Waals surface area (Å²) in [6.07, 6.45) is 5.67. The highest BCUT2D eigenvalue weighted by Crippen LogP contribution is 2.14. The fourth-order valence-electron chi connectivity index (χ4n) is 1.22. The lowest BCUT2D eigenvalue weighted by Crippen LogP contribution is -2.36. The summed E-state index contributed by atoms with van der Waals surface area (Å²) in [4.78, 5) is 24.1. The van der Waals surface area contributed by atoms with Gasteiger partial charge in [0.25, 0.3) is 5.91 Å². The summed E-state index contributed by atoms with van der Waals surface area (Å²) in [5.74, 6) is 0.719. The number of carbonyl (C=O) groups excluding carboxylic acids is 1. The monoisotopic (exact) mass is 253 g/mol. The third-order valence-corrected chi connectivity index (χ3v) is 2.74. The molecule has 1 rings (SSSR count). The topological polar surface area (TPSA) is 83.4 Å². The van der Waals surface area contributed by atoms with E-state index in [1.54, 1.807) is 0 Å². The second-order valence-electron chi connectivity index (χ2n) is 3.16. The van der Waals surface area contributed by atoms with Gasteiger partial charge in [0.15, 0.2) is 0 Å².